The third-order valence-electron chi connectivity index (χ3n) is 6.13. The van der Waals surface area contributed by atoms with Crippen LogP contribution in [-0.2, 0) is 9.63 Å². The number of H-pyrrole nitrogens is 1. The van der Waals surface area contributed by atoms with Gasteiger partial charge in [-0.2, -0.15) is 0 Å². The van der Waals surface area contributed by atoms with Gasteiger partial charge >= 0.3 is 0 Å². The van der Waals surface area contributed by atoms with E-state index in [4.69, 9.17) is 4.84 Å². The summed E-state index contributed by atoms with van der Waals surface area (Å²) in [5.74, 6) is 1.12. The van der Waals surface area contributed by atoms with Crippen LogP contribution in [0.5, 0.6) is 0 Å². The highest BCUT2D eigenvalue weighted by molar-refractivity contribution is 5.93. The molecule has 1 spiro atoms. The van der Waals surface area contributed by atoms with Crippen molar-refractivity contribution in [1.82, 2.24) is 14.9 Å². The zero-order valence-electron chi connectivity index (χ0n) is 15.6. The normalized spacial score (nSPS) is 24.0. The number of hydrogen-bond acceptors (Lipinski definition) is 5. The predicted octanol–water partition coefficient (Wildman–Crippen LogP) is 2.69. The monoisotopic (exact) mass is 367 g/mol. The fraction of sp³-hybridized carbons (Fsp3) is 0.550. The largest absolute Gasteiger partial charge is 0.382 e. The lowest BCUT2D eigenvalue weighted by Crippen LogP contribution is -2.50. The Balaban J connectivity index is 1.38. The number of amides is 1. The molecule has 2 aliphatic heterocycles. The standard InChI is InChI=1S/C20H25N5O2/c1-2-14-12-17(27-23-14)19(26)25-11-3-10-24(13-20(25)6-7-20)18-15-4-8-21-16(15)5-9-22-18/h4-5,8-9,17,21H,2-3,6-7,10-13H2,1H3. The lowest BCUT2D eigenvalue weighted by atomic mass is 10.1. The van der Waals surface area contributed by atoms with Crippen LogP contribution < -0.4 is 4.90 Å². The molecular formula is C20H25N5O2. The van der Waals surface area contributed by atoms with Crippen LogP contribution in [0.15, 0.2) is 29.7 Å². The first kappa shape index (κ1) is 16.6. The van der Waals surface area contributed by atoms with Gasteiger partial charge in [0.15, 0.2) is 0 Å². The third kappa shape index (κ3) is 2.76. The Morgan fingerprint density at radius 3 is 3.04 bits per heavy atom. The first-order valence-electron chi connectivity index (χ1n) is 9.90. The van der Waals surface area contributed by atoms with Gasteiger partial charge < -0.3 is 19.6 Å². The van der Waals surface area contributed by atoms with Crippen molar-refractivity contribution < 1.29 is 9.63 Å². The molecule has 4 heterocycles. The second-order valence-corrected chi connectivity index (χ2v) is 7.87. The molecule has 142 valence electrons. The van der Waals surface area contributed by atoms with Gasteiger partial charge in [0, 0.05) is 43.8 Å². The maximum atomic E-state index is 13.2. The summed E-state index contributed by atoms with van der Waals surface area (Å²) in [5.41, 5.74) is 2.01. The molecule has 0 radical (unpaired) electrons. The maximum Gasteiger partial charge on any atom is 0.267 e. The Morgan fingerprint density at radius 2 is 2.26 bits per heavy atom. The predicted molar refractivity (Wildman–Crippen MR) is 104 cm³/mol. The summed E-state index contributed by atoms with van der Waals surface area (Å²) in [7, 11) is 0. The average Bonchev–Trinajstić information content (AvgIpc) is 3.13. The summed E-state index contributed by atoms with van der Waals surface area (Å²) in [4.78, 5) is 31.0. The molecule has 2 fully saturated rings. The number of nitrogens with one attached hydrogen (secondary N) is 1. The summed E-state index contributed by atoms with van der Waals surface area (Å²) < 4.78 is 0. The van der Waals surface area contributed by atoms with Crippen LogP contribution in [0, 0.1) is 0 Å². The van der Waals surface area contributed by atoms with Crippen molar-refractivity contribution in [2.75, 3.05) is 24.5 Å². The summed E-state index contributed by atoms with van der Waals surface area (Å²) >= 11 is 0. The van der Waals surface area contributed by atoms with Crippen molar-refractivity contribution in [3.63, 3.8) is 0 Å². The molecule has 7 nitrogen and oxygen atoms in total. The fourth-order valence-corrected chi connectivity index (χ4v) is 4.43. The van der Waals surface area contributed by atoms with Gasteiger partial charge in [0.25, 0.3) is 5.91 Å². The van der Waals surface area contributed by atoms with Crippen LogP contribution in [0.1, 0.15) is 39.0 Å². The molecule has 0 bridgehead atoms. The summed E-state index contributed by atoms with van der Waals surface area (Å²) in [5, 5.41) is 5.23. The first-order chi connectivity index (χ1) is 13.2. The van der Waals surface area contributed by atoms with Crippen LogP contribution in [0.4, 0.5) is 5.82 Å². The molecule has 5 rings (SSSR count). The molecule has 1 amide bonds. The van der Waals surface area contributed by atoms with E-state index in [0.29, 0.717) is 6.42 Å². The molecule has 1 saturated carbocycles. The Morgan fingerprint density at radius 1 is 1.37 bits per heavy atom. The number of fused-ring (bicyclic) bond motifs is 1. The molecule has 1 N–H and O–H groups in total. The number of pyridine rings is 1. The van der Waals surface area contributed by atoms with E-state index in [1.165, 1.54) is 0 Å². The Kier molecular flexibility index (Phi) is 3.84. The zero-order chi connectivity index (χ0) is 18.4. The van der Waals surface area contributed by atoms with Gasteiger partial charge in [-0.3, -0.25) is 4.79 Å². The van der Waals surface area contributed by atoms with Crippen LogP contribution in [-0.4, -0.2) is 57.8 Å². The smallest absolute Gasteiger partial charge is 0.267 e. The number of carbonyl (C=O) groups excluding carboxylic acids is 1. The van der Waals surface area contributed by atoms with Gasteiger partial charge in [-0.25, -0.2) is 4.98 Å². The summed E-state index contributed by atoms with van der Waals surface area (Å²) in [6, 6.07) is 4.09. The van der Waals surface area contributed by atoms with Gasteiger partial charge in [0.2, 0.25) is 6.10 Å². The molecule has 7 heteroatoms. The van der Waals surface area contributed by atoms with Crippen LogP contribution in [0.2, 0.25) is 0 Å². The number of nitrogens with zero attached hydrogens (tertiary/aromatic N) is 4. The molecule has 2 aromatic rings. The van der Waals surface area contributed by atoms with E-state index in [1.54, 1.807) is 0 Å². The Hall–Kier alpha value is -2.57. The number of anilines is 1. The summed E-state index contributed by atoms with van der Waals surface area (Å²) in [6.07, 6.45) is 7.89. The van der Waals surface area contributed by atoms with Crippen molar-refractivity contribution in [1.29, 1.82) is 0 Å². The molecule has 1 saturated heterocycles. The SMILES string of the molecule is CCC1=NOC(C(=O)N2CCCN(c3nccc4[nH]ccc34)CC23CC3)C1. The number of rotatable bonds is 3. The van der Waals surface area contributed by atoms with Crippen molar-refractivity contribution in [2.24, 2.45) is 5.16 Å². The lowest BCUT2D eigenvalue weighted by molar-refractivity contribution is -0.145. The van der Waals surface area contributed by atoms with Crippen molar-refractivity contribution >= 4 is 28.3 Å². The fourth-order valence-electron chi connectivity index (χ4n) is 4.43. The second-order valence-electron chi connectivity index (χ2n) is 7.87. The number of aromatic nitrogens is 2. The molecule has 1 atom stereocenters. The lowest BCUT2D eigenvalue weighted by Gasteiger charge is -2.33. The zero-order valence-corrected chi connectivity index (χ0v) is 15.6. The third-order valence-corrected chi connectivity index (χ3v) is 6.13. The van der Waals surface area contributed by atoms with Crippen LogP contribution >= 0.6 is 0 Å². The van der Waals surface area contributed by atoms with E-state index in [9.17, 15) is 4.79 Å². The first-order valence-corrected chi connectivity index (χ1v) is 9.90. The quantitative estimate of drug-likeness (QED) is 0.905. The second kappa shape index (κ2) is 6.25. The van der Waals surface area contributed by atoms with Crippen molar-refractivity contribution in [2.45, 2.75) is 50.7 Å². The van der Waals surface area contributed by atoms with Gasteiger partial charge in [-0.1, -0.05) is 12.1 Å². The average molecular weight is 367 g/mol. The highest BCUT2D eigenvalue weighted by Gasteiger charge is 2.53. The Bertz CT molecular complexity index is 901. The van der Waals surface area contributed by atoms with Crippen LogP contribution in [0.3, 0.4) is 0 Å². The van der Waals surface area contributed by atoms with E-state index >= 15 is 0 Å². The molecule has 1 unspecified atom stereocenters. The minimum atomic E-state index is -0.435. The topological polar surface area (TPSA) is 73.8 Å². The number of oxime groups is 1. The van der Waals surface area contributed by atoms with Gasteiger partial charge in [0.1, 0.15) is 5.82 Å². The van der Waals surface area contributed by atoms with Gasteiger partial charge in [0.05, 0.1) is 16.8 Å². The van der Waals surface area contributed by atoms with E-state index in [2.05, 4.69) is 37.9 Å². The van der Waals surface area contributed by atoms with Crippen molar-refractivity contribution in [3.05, 3.63) is 24.5 Å². The summed E-state index contributed by atoms with van der Waals surface area (Å²) in [6.45, 7) is 4.57. The van der Waals surface area contributed by atoms with E-state index in [1.807, 2.05) is 18.5 Å². The Labute approximate surface area is 158 Å². The van der Waals surface area contributed by atoms with E-state index in [0.717, 1.165) is 67.8 Å². The molecule has 2 aromatic heterocycles. The molecule has 3 aliphatic rings. The number of aromatic amines is 1. The van der Waals surface area contributed by atoms with Gasteiger partial charge in [-0.05, 0) is 37.8 Å². The highest BCUT2D eigenvalue weighted by Crippen LogP contribution is 2.45. The maximum absolute atomic E-state index is 13.2. The molecular weight excluding hydrogens is 342 g/mol. The number of hydrogen-bond donors (Lipinski definition) is 1. The minimum absolute atomic E-state index is 0.0773. The number of carbonyl (C=O) groups is 1. The van der Waals surface area contributed by atoms with E-state index in [-0.39, 0.29) is 11.4 Å². The van der Waals surface area contributed by atoms with Gasteiger partial charge in [-0.15, -0.1) is 0 Å². The van der Waals surface area contributed by atoms with Crippen LogP contribution in [0.25, 0.3) is 10.9 Å². The van der Waals surface area contributed by atoms with E-state index < -0.39 is 6.10 Å². The highest BCUT2D eigenvalue weighted by atomic mass is 16.6. The molecule has 27 heavy (non-hydrogen) atoms. The van der Waals surface area contributed by atoms with Crippen molar-refractivity contribution in [3.8, 4) is 0 Å². The molecule has 0 aromatic carbocycles. The minimum Gasteiger partial charge on any atom is -0.382 e. The molecule has 1 aliphatic carbocycles.